The van der Waals surface area contributed by atoms with E-state index >= 15 is 0 Å². The van der Waals surface area contributed by atoms with Gasteiger partial charge in [-0.05, 0) is 54.3 Å². The molecule has 0 aromatic heterocycles. The molecule has 144 valence electrons. The van der Waals surface area contributed by atoms with E-state index in [-0.39, 0.29) is 6.61 Å². The van der Waals surface area contributed by atoms with Crippen LogP contribution in [0.4, 0.5) is 0 Å². The number of nitrogens with one attached hydrogen (secondary N) is 2. The first-order chi connectivity index (χ1) is 13.0. The number of carbonyl (C=O) groups excluding carboxylic acids is 2. The van der Waals surface area contributed by atoms with Gasteiger partial charge >= 0.3 is 0 Å². The maximum atomic E-state index is 12.1. The zero-order chi connectivity index (χ0) is 19.6. The van der Waals surface area contributed by atoms with E-state index in [1.165, 1.54) is 5.56 Å². The fourth-order valence-electron chi connectivity index (χ4n) is 2.17. The quantitative estimate of drug-likeness (QED) is 0.700. The summed E-state index contributed by atoms with van der Waals surface area (Å²) in [4.78, 5) is 23.9. The molecular weight excluding hydrogens is 344 g/mol. The van der Waals surface area contributed by atoms with Crippen LogP contribution in [-0.2, 0) is 11.2 Å². The van der Waals surface area contributed by atoms with E-state index < -0.39 is 11.8 Å². The van der Waals surface area contributed by atoms with Gasteiger partial charge < -0.3 is 9.47 Å². The molecule has 2 aromatic carbocycles. The van der Waals surface area contributed by atoms with Crippen LogP contribution in [-0.4, -0.2) is 25.0 Å². The van der Waals surface area contributed by atoms with Crippen LogP contribution in [0.5, 0.6) is 11.5 Å². The van der Waals surface area contributed by atoms with Gasteiger partial charge in [-0.25, -0.2) is 0 Å². The van der Waals surface area contributed by atoms with Gasteiger partial charge in [0.15, 0.2) is 6.61 Å². The molecule has 0 aliphatic rings. The van der Waals surface area contributed by atoms with Crippen molar-refractivity contribution in [2.45, 2.75) is 27.2 Å². The molecule has 0 radical (unpaired) electrons. The average molecular weight is 370 g/mol. The Morgan fingerprint density at radius 3 is 2.07 bits per heavy atom. The van der Waals surface area contributed by atoms with Gasteiger partial charge in [-0.3, -0.25) is 20.4 Å². The summed E-state index contributed by atoms with van der Waals surface area (Å²) in [6.07, 6.45) is 0.942. The molecule has 0 aliphatic heterocycles. The van der Waals surface area contributed by atoms with Crippen LogP contribution in [0.25, 0.3) is 0 Å². The molecule has 0 unspecified atom stereocenters. The molecule has 27 heavy (non-hydrogen) atoms. The predicted octanol–water partition coefficient (Wildman–Crippen LogP) is 3.12. The van der Waals surface area contributed by atoms with E-state index in [0.29, 0.717) is 29.6 Å². The summed E-state index contributed by atoms with van der Waals surface area (Å²) < 4.78 is 11.0. The molecule has 2 rings (SSSR count). The molecular formula is C21H26N2O4. The standard InChI is InChI=1S/C21H26N2O4/c1-4-16-5-9-18(10-6-16)27-14-20(24)22-23-21(25)17-7-11-19(12-8-17)26-13-15(2)3/h5-12,15H,4,13-14H2,1-3H3,(H,22,24)(H,23,25). The van der Waals surface area contributed by atoms with Crippen LogP contribution >= 0.6 is 0 Å². The Morgan fingerprint density at radius 2 is 1.48 bits per heavy atom. The second-order valence-corrected chi connectivity index (χ2v) is 6.52. The normalized spacial score (nSPS) is 10.4. The largest absolute Gasteiger partial charge is 0.493 e. The summed E-state index contributed by atoms with van der Waals surface area (Å²) in [6.45, 7) is 6.62. The minimum absolute atomic E-state index is 0.187. The number of hydrazine groups is 1. The molecule has 2 aromatic rings. The highest BCUT2D eigenvalue weighted by Gasteiger charge is 2.08. The Bertz CT molecular complexity index is 740. The summed E-state index contributed by atoms with van der Waals surface area (Å²) in [5.41, 5.74) is 6.31. The maximum Gasteiger partial charge on any atom is 0.276 e. The van der Waals surface area contributed by atoms with Crippen molar-refractivity contribution in [2.24, 2.45) is 5.92 Å². The van der Waals surface area contributed by atoms with E-state index in [4.69, 9.17) is 9.47 Å². The minimum atomic E-state index is -0.445. The van der Waals surface area contributed by atoms with E-state index in [1.54, 1.807) is 24.3 Å². The Labute approximate surface area is 159 Å². The van der Waals surface area contributed by atoms with Gasteiger partial charge in [-0.2, -0.15) is 0 Å². The van der Waals surface area contributed by atoms with Crippen molar-refractivity contribution in [3.63, 3.8) is 0 Å². The molecule has 0 heterocycles. The van der Waals surface area contributed by atoms with Gasteiger partial charge in [-0.1, -0.05) is 32.9 Å². The van der Waals surface area contributed by atoms with Gasteiger partial charge in [0, 0.05) is 5.56 Å². The highest BCUT2D eigenvalue weighted by molar-refractivity contribution is 5.95. The lowest BCUT2D eigenvalue weighted by atomic mass is 10.2. The molecule has 6 nitrogen and oxygen atoms in total. The van der Waals surface area contributed by atoms with Crippen LogP contribution in [0.3, 0.4) is 0 Å². The van der Waals surface area contributed by atoms with Crippen LogP contribution in [0.2, 0.25) is 0 Å². The first-order valence-electron chi connectivity index (χ1n) is 9.01. The molecule has 2 amide bonds. The van der Waals surface area contributed by atoms with Crippen LogP contribution in [0.15, 0.2) is 48.5 Å². The fourth-order valence-corrected chi connectivity index (χ4v) is 2.17. The molecule has 2 N–H and O–H groups in total. The zero-order valence-corrected chi connectivity index (χ0v) is 16.0. The van der Waals surface area contributed by atoms with Crippen molar-refractivity contribution in [3.8, 4) is 11.5 Å². The Kier molecular flexibility index (Phi) is 7.67. The summed E-state index contributed by atoms with van der Waals surface area (Å²) >= 11 is 0. The molecule has 6 heteroatoms. The predicted molar refractivity (Wildman–Crippen MR) is 104 cm³/mol. The molecule has 0 aliphatic carbocycles. The number of hydrogen-bond acceptors (Lipinski definition) is 4. The van der Waals surface area contributed by atoms with Gasteiger partial charge in [0.05, 0.1) is 6.61 Å². The van der Waals surface area contributed by atoms with E-state index in [2.05, 4.69) is 31.6 Å². The lowest BCUT2D eigenvalue weighted by Gasteiger charge is -2.10. The van der Waals surface area contributed by atoms with Crippen molar-refractivity contribution in [2.75, 3.05) is 13.2 Å². The van der Waals surface area contributed by atoms with Gasteiger partial charge in [0.25, 0.3) is 11.8 Å². The second kappa shape index (κ2) is 10.2. The van der Waals surface area contributed by atoms with Crippen molar-refractivity contribution in [1.29, 1.82) is 0 Å². The fraction of sp³-hybridized carbons (Fsp3) is 0.333. The molecule has 0 fully saturated rings. The number of amides is 2. The lowest BCUT2D eigenvalue weighted by Crippen LogP contribution is -2.43. The number of carbonyl (C=O) groups is 2. The Morgan fingerprint density at radius 1 is 0.889 bits per heavy atom. The van der Waals surface area contributed by atoms with Gasteiger partial charge in [0.2, 0.25) is 0 Å². The SMILES string of the molecule is CCc1ccc(OCC(=O)NNC(=O)c2ccc(OCC(C)C)cc2)cc1. The summed E-state index contributed by atoms with van der Waals surface area (Å²) in [7, 11) is 0. The molecule has 0 atom stereocenters. The van der Waals surface area contributed by atoms with Crippen molar-refractivity contribution >= 4 is 11.8 Å². The number of rotatable bonds is 8. The van der Waals surface area contributed by atoms with Crippen LogP contribution < -0.4 is 20.3 Å². The third-order valence-electron chi connectivity index (χ3n) is 3.72. The van der Waals surface area contributed by atoms with E-state index in [1.807, 2.05) is 24.3 Å². The van der Waals surface area contributed by atoms with E-state index in [0.717, 1.165) is 6.42 Å². The summed E-state index contributed by atoms with van der Waals surface area (Å²) in [6, 6.07) is 14.3. The first-order valence-corrected chi connectivity index (χ1v) is 9.01. The Balaban J connectivity index is 1.74. The summed E-state index contributed by atoms with van der Waals surface area (Å²) in [5.74, 6) is 0.873. The van der Waals surface area contributed by atoms with Crippen molar-refractivity contribution in [1.82, 2.24) is 10.9 Å². The number of ether oxygens (including phenoxy) is 2. The molecule has 0 saturated heterocycles. The summed E-state index contributed by atoms with van der Waals surface area (Å²) in [5, 5.41) is 0. The highest BCUT2D eigenvalue weighted by atomic mass is 16.5. The zero-order valence-electron chi connectivity index (χ0n) is 16.0. The van der Waals surface area contributed by atoms with Gasteiger partial charge in [0.1, 0.15) is 11.5 Å². The molecule has 0 spiro atoms. The molecule has 0 bridgehead atoms. The highest BCUT2D eigenvalue weighted by Crippen LogP contribution is 2.13. The van der Waals surface area contributed by atoms with Crippen molar-refractivity contribution < 1.29 is 19.1 Å². The molecule has 0 saturated carbocycles. The Hall–Kier alpha value is -3.02. The smallest absolute Gasteiger partial charge is 0.276 e. The number of benzene rings is 2. The number of hydrogen-bond donors (Lipinski definition) is 2. The first kappa shape index (κ1) is 20.3. The minimum Gasteiger partial charge on any atom is -0.493 e. The second-order valence-electron chi connectivity index (χ2n) is 6.52. The third-order valence-corrected chi connectivity index (χ3v) is 3.72. The van der Waals surface area contributed by atoms with E-state index in [9.17, 15) is 9.59 Å². The van der Waals surface area contributed by atoms with Crippen LogP contribution in [0, 0.1) is 5.92 Å². The topological polar surface area (TPSA) is 76.7 Å². The maximum absolute atomic E-state index is 12.1. The third kappa shape index (κ3) is 7.01. The monoisotopic (exact) mass is 370 g/mol. The lowest BCUT2D eigenvalue weighted by molar-refractivity contribution is -0.123. The average Bonchev–Trinajstić information content (AvgIpc) is 2.69. The van der Waals surface area contributed by atoms with Gasteiger partial charge in [-0.15, -0.1) is 0 Å². The van der Waals surface area contributed by atoms with Crippen LogP contribution in [0.1, 0.15) is 36.7 Å². The number of aryl methyl sites for hydroxylation is 1. The van der Waals surface area contributed by atoms with Crippen molar-refractivity contribution in [3.05, 3.63) is 59.7 Å².